The Morgan fingerprint density at radius 1 is 0.952 bits per heavy atom. The molecule has 0 spiro atoms. The number of hydrogen-bond donors (Lipinski definition) is 2. The van der Waals surface area contributed by atoms with Crippen LogP contribution in [0.5, 0.6) is 0 Å². The molecule has 0 fully saturated rings. The Labute approximate surface area is 140 Å². The van der Waals surface area contributed by atoms with E-state index in [1.165, 1.54) is 27.7 Å². The minimum atomic E-state index is 0. The summed E-state index contributed by atoms with van der Waals surface area (Å²) in [5, 5.41) is 4.63. The first-order chi connectivity index (χ1) is 9.84. The smallest absolute Gasteiger partial charge is 0.237 e. The van der Waals surface area contributed by atoms with Gasteiger partial charge in [0.1, 0.15) is 5.69 Å². The molecule has 1 aliphatic rings. The molecule has 1 aromatic heterocycles. The number of anilines is 1. The largest absolute Gasteiger partial charge is 1.00 e. The third kappa shape index (κ3) is 2.23. The Morgan fingerprint density at radius 3 is 2.62 bits per heavy atom. The summed E-state index contributed by atoms with van der Waals surface area (Å²) in [6.07, 6.45) is 4.16. The van der Waals surface area contributed by atoms with Crippen LogP contribution in [0.4, 0.5) is 5.69 Å². The molecule has 1 aliphatic heterocycles. The van der Waals surface area contributed by atoms with E-state index >= 15 is 0 Å². The molecule has 2 heterocycles. The monoisotopic (exact) mass is 389 g/mol. The maximum Gasteiger partial charge on any atom is 0.237 e. The van der Waals surface area contributed by atoms with Crippen LogP contribution in [0, 0.1) is 0 Å². The molecule has 0 bridgehead atoms. The average Bonchev–Trinajstić information content (AvgIpc) is 2.91. The van der Waals surface area contributed by atoms with Crippen molar-refractivity contribution in [2.45, 2.75) is 6.04 Å². The summed E-state index contributed by atoms with van der Waals surface area (Å²) in [5.41, 5.74) is 4.99. The number of benzene rings is 2. The maximum atomic E-state index is 3.38. The van der Waals surface area contributed by atoms with Crippen molar-refractivity contribution in [3.63, 3.8) is 0 Å². The molecular formula is C17H16IN3. The van der Waals surface area contributed by atoms with E-state index in [1.54, 1.807) is 0 Å². The number of fused-ring (bicyclic) bond motifs is 2. The lowest BCUT2D eigenvalue weighted by molar-refractivity contribution is -0.530. The zero-order chi connectivity index (χ0) is 13.5. The molecule has 0 amide bonds. The molecule has 0 saturated carbocycles. The number of nitrogens with one attached hydrogen (secondary N) is 2. The highest BCUT2D eigenvalue weighted by molar-refractivity contribution is 5.85. The van der Waals surface area contributed by atoms with Crippen LogP contribution in [0.1, 0.15) is 17.2 Å². The Kier molecular flexibility index (Phi) is 3.71. The third-order valence-electron chi connectivity index (χ3n) is 4.00. The average molecular weight is 389 g/mol. The van der Waals surface area contributed by atoms with E-state index in [2.05, 4.69) is 76.7 Å². The fourth-order valence-electron chi connectivity index (χ4n) is 3.04. The van der Waals surface area contributed by atoms with E-state index in [-0.39, 0.29) is 30.0 Å². The van der Waals surface area contributed by atoms with E-state index in [0.29, 0.717) is 0 Å². The summed E-state index contributed by atoms with van der Waals surface area (Å²) in [7, 11) is 2.11. The number of aromatic nitrogens is 1. The SMILES string of the molecule is C[N+]1=CNc2ccccc2C1c1c[nH]c2ccccc12.[I-]. The van der Waals surface area contributed by atoms with Gasteiger partial charge in [0, 0.05) is 28.2 Å². The van der Waals surface area contributed by atoms with Crippen molar-refractivity contribution in [2.24, 2.45) is 0 Å². The van der Waals surface area contributed by atoms with Gasteiger partial charge in [-0.25, -0.2) is 5.32 Å². The van der Waals surface area contributed by atoms with Crippen LogP contribution >= 0.6 is 0 Å². The fourth-order valence-corrected chi connectivity index (χ4v) is 3.04. The Morgan fingerprint density at radius 2 is 1.71 bits per heavy atom. The van der Waals surface area contributed by atoms with Crippen LogP contribution in [0.25, 0.3) is 10.9 Å². The van der Waals surface area contributed by atoms with Crippen molar-refractivity contribution in [2.75, 3.05) is 12.4 Å². The van der Waals surface area contributed by atoms with Gasteiger partial charge in [0.15, 0.2) is 6.04 Å². The summed E-state index contributed by atoms with van der Waals surface area (Å²) in [6.45, 7) is 0. The van der Waals surface area contributed by atoms with Crippen molar-refractivity contribution in [3.05, 3.63) is 65.9 Å². The molecule has 4 heteroatoms. The van der Waals surface area contributed by atoms with Crippen molar-refractivity contribution in [3.8, 4) is 0 Å². The second-order valence-electron chi connectivity index (χ2n) is 5.22. The first-order valence-corrected chi connectivity index (χ1v) is 6.81. The van der Waals surface area contributed by atoms with Gasteiger partial charge in [-0.05, 0) is 12.1 Å². The topological polar surface area (TPSA) is 30.8 Å². The first kappa shape index (κ1) is 14.1. The molecule has 0 radical (unpaired) electrons. The highest BCUT2D eigenvalue weighted by Crippen LogP contribution is 2.35. The number of rotatable bonds is 1. The van der Waals surface area contributed by atoms with Crippen LogP contribution in [-0.2, 0) is 0 Å². The molecule has 0 aliphatic carbocycles. The highest BCUT2D eigenvalue weighted by Gasteiger charge is 2.28. The summed E-state index contributed by atoms with van der Waals surface area (Å²) in [6, 6.07) is 17.2. The van der Waals surface area contributed by atoms with Gasteiger partial charge in [-0.2, -0.15) is 0 Å². The zero-order valence-electron chi connectivity index (χ0n) is 11.7. The molecule has 1 unspecified atom stereocenters. The maximum absolute atomic E-state index is 3.38. The van der Waals surface area contributed by atoms with Gasteiger partial charge in [0.25, 0.3) is 0 Å². The normalized spacial score (nSPS) is 16.6. The van der Waals surface area contributed by atoms with Crippen LogP contribution < -0.4 is 29.3 Å². The Hall–Kier alpha value is -1.82. The van der Waals surface area contributed by atoms with Crippen LogP contribution in [0.15, 0.2) is 54.7 Å². The van der Waals surface area contributed by atoms with Crippen molar-refractivity contribution in [1.82, 2.24) is 4.98 Å². The molecule has 3 aromatic rings. The molecule has 2 aromatic carbocycles. The minimum absolute atomic E-state index is 0. The van der Waals surface area contributed by atoms with Gasteiger partial charge in [0.2, 0.25) is 6.34 Å². The predicted molar refractivity (Wildman–Crippen MR) is 82.5 cm³/mol. The number of nitrogens with zero attached hydrogens (tertiary/aromatic N) is 1. The summed E-state index contributed by atoms with van der Waals surface area (Å²) < 4.78 is 2.22. The second-order valence-corrected chi connectivity index (χ2v) is 5.22. The number of aromatic amines is 1. The Balaban J connectivity index is 0.00000132. The quantitative estimate of drug-likeness (QED) is 0.457. The van der Waals surface area contributed by atoms with Gasteiger partial charge in [-0.3, -0.25) is 4.58 Å². The van der Waals surface area contributed by atoms with E-state index in [1.807, 2.05) is 6.34 Å². The molecule has 2 N–H and O–H groups in total. The number of H-pyrrole nitrogens is 1. The van der Waals surface area contributed by atoms with Crippen LogP contribution in [-0.4, -0.2) is 22.9 Å². The number of halogens is 1. The predicted octanol–water partition coefficient (Wildman–Crippen LogP) is 0.357. The van der Waals surface area contributed by atoms with Crippen LogP contribution in [0.3, 0.4) is 0 Å². The molecule has 1 atom stereocenters. The van der Waals surface area contributed by atoms with Crippen molar-refractivity contribution < 1.29 is 28.6 Å². The summed E-state index contributed by atoms with van der Waals surface area (Å²) >= 11 is 0. The van der Waals surface area contributed by atoms with Gasteiger partial charge < -0.3 is 29.0 Å². The molecule has 0 saturated heterocycles. The minimum Gasteiger partial charge on any atom is -1.00 e. The summed E-state index contributed by atoms with van der Waals surface area (Å²) in [5.74, 6) is 0. The zero-order valence-corrected chi connectivity index (χ0v) is 13.8. The number of para-hydroxylation sites is 2. The molecule has 21 heavy (non-hydrogen) atoms. The lowest BCUT2D eigenvalue weighted by Crippen LogP contribution is -3.00. The standard InChI is InChI=1S/C17H15N3.HI/c1-20-11-19-16-9-5-3-7-13(16)17(20)14-10-18-15-8-4-2-6-12(14)15;/h2-11,17-18H,1H3;1H. The van der Waals surface area contributed by atoms with Gasteiger partial charge in [0.05, 0.1) is 7.05 Å². The second kappa shape index (κ2) is 5.52. The van der Waals surface area contributed by atoms with Gasteiger partial charge in [-0.15, -0.1) is 0 Å². The first-order valence-electron chi connectivity index (χ1n) is 6.81. The number of hydrogen-bond acceptors (Lipinski definition) is 1. The Bertz CT molecular complexity index is 820. The lowest BCUT2D eigenvalue weighted by atomic mass is 9.95. The lowest BCUT2D eigenvalue weighted by Gasteiger charge is -2.21. The highest BCUT2D eigenvalue weighted by atomic mass is 127. The fraction of sp³-hybridized carbons (Fsp3) is 0.118. The van der Waals surface area contributed by atoms with E-state index in [9.17, 15) is 0 Å². The van der Waals surface area contributed by atoms with E-state index in [4.69, 9.17) is 0 Å². The van der Waals surface area contributed by atoms with E-state index in [0.717, 1.165) is 0 Å². The molecule has 4 rings (SSSR count). The van der Waals surface area contributed by atoms with Crippen molar-refractivity contribution >= 4 is 22.9 Å². The molecule has 106 valence electrons. The van der Waals surface area contributed by atoms with Crippen LogP contribution in [0.2, 0.25) is 0 Å². The van der Waals surface area contributed by atoms with E-state index < -0.39 is 0 Å². The molecule has 3 nitrogen and oxygen atoms in total. The van der Waals surface area contributed by atoms with Gasteiger partial charge in [-0.1, -0.05) is 36.4 Å². The van der Waals surface area contributed by atoms with Gasteiger partial charge >= 0.3 is 0 Å². The third-order valence-corrected chi connectivity index (χ3v) is 4.00. The molecular weight excluding hydrogens is 373 g/mol. The van der Waals surface area contributed by atoms with Crippen molar-refractivity contribution in [1.29, 1.82) is 0 Å². The summed E-state index contributed by atoms with van der Waals surface area (Å²) in [4.78, 5) is 3.38.